The van der Waals surface area contributed by atoms with Crippen molar-refractivity contribution < 1.29 is 14.3 Å². The van der Waals surface area contributed by atoms with Crippen LogP contribution in [0.15, 0.2) is 42.6 Å². The molecule has 0 bridgehead atoms. The summed E-state index contributed by atoms with van der Waals surface area (Å²) < 4.78 is 5.35. The van der Waals surface area contributed by atoms with Crippen LogP contribution in [0.1, 0.15) is 36.3 Å². The number of aromatic amines is 1. The predicted octanol–water partition coefficient (Wildman–Crippen LogP) is 2.55. The number of benzene rings is 1. The first kappa shape index (κ1) is 23.6. The Kier molecular flexibility index (Phi) is 7.51. The third kappa shape index (κ3) is 6.01. The number of aromatic nitrogens is 2. The van der Waals surface area contributed by atoms with Crippen molar-refractivity contribution in [2.75, 3.05) is 12.8 Å². The van der Waals surface area contributed by atoms with Gasteiger partial charge in [-0.15, -0.1) is 0 Å². The summed E-state index contributed by atoms with van der Waals surface area (Å²) in [6, 6.07) is 11.1. The molecule has 9 heteroatoms. The first-order valence-electron chi connectivity index (χ1n) is 10.7. The quantitative estimate of drug-likeness (QED) is 0.396. The van der Waals surface area contributed by atoms with Gasteiger partial charge in [0.1, 0.15) is 29.3 Å². The van der Waals surface area contributed by atoms with Crippen molar-refractivity contribution >= 4 is 28.5 Å². The van der Waals surface area contributed by atoms with Gasteiger partial charge in [0.05, 0.1) is 13.2 Å². The fraction of sp³-hybridized carbons (Fsp3) is 0.333. The van der Waals surface area contributed by atoms with Gasteiger partial charge in [0.15, 0.2) is 0 Å². The SMILES string of the molecule is COc1cccc2[nH]c(C(=O)NC(CC(C)C)C(=O)NC(C#N)Cc3ccc(N)nc3)cc12. The summed E-state index contributed by atoms with van der Waals surface area (Å²) >= 11 is 0. The summed E-state index contributed by atoms with van der Waals surface area (Å²) in [5.41, 5.74) is 7.44. The average Bonchev–Trinajstić information content (AvgIpc) is 3.24. The molecule has 0 aliphatic rings. The van der Waals surface area contributed by atoms with Crippen LogP contribution in [0, 0.1) is 17.2 Å². The lowest BCUT2D eigenvalue weighted by Gasteiger charge is -2.21. The Hall–Kier alpha value is -4.06. The van der Waals surface area contributed by atoms with E-state index in [0.717, 1.165) is 16.5 Å². The average molecular weight is 449 g/mol. The Balaban J connectivity index is 1.73. The van der Waals surface area contributed by atoms with E-state index < -0.39 is 23.9 Å². The zero-order chi connectivity index (χ0) is 24.0. The van der Waals surface area contributed by atoms with Gasteiger partial charge in [-0.2, -0.15) is 5.26 Å². The second-order valence-electron chi connectivity index (χ2n) is 8.25. The predicted molar refractivity (Wildman–Crippen MR) is 125 cm³/mol. The van der Waals surface area contributed by atoms with E-state index in [1.165, 1.54) is 0 Å². The highest BCUT2D eigenvalue weighted by Crippen LogP contribution is 2.26. The molecule has 3 aromatic rings. The van der Waals surface area contributed by atoms with Crippen LogP contribution in [0.25, 0.3) is 10.9 Å². The minimum absolute atomic E-state index is 0.144. The Morgan fingerprint density at radius 3 is 2.67 bits per heavy atom. The number of nitrogen functional groups attached to an aromatic ring is 1. The van der Waals surface area contributed by atoms with Crippen LogP contribution < -0.4 is 21.1 Å². The second-order valence-corrected chi connectivity index (χ2v) is 8.25. The van der Waals surface area contributed by atoms with Gasteiger partial charge >= 0.3 is 0 Å². The van der Waals surface area contributed by atoms with Crippen molar-refractivity contribution in [2.24, 2.45) is 5.92 Å². The summed E-state index contributed by atoms with van der Waals surface area (Å²) in [6.07, 6.45) is 2.27. The van der Waals surface area contributed by atoms with Crippen molar-refractivity contribution in [1.29, 1.82) is 5.26 Å². The maximum absolute atomic E-state index is 13.0. The molecule has 2 atom stereocenters. The number of carbonyl (C=O) groups excluding carboxylic acids is 2. The summed E-state index contributed by atoms with van der Waals surface area (Å²) in [6.45, 7) is 3.92. The number of hydrogen-bond donors (Lipinski definition) is 4. The van der Waals surface area contributed by atoms with Crippen LogP contribution in [0.3, 0.4) is 0 Å². The molecule has 0 saturated carbocycles. The number of methoxy groups -OCH3 is 1. The fourth-order valence-corrected chi connectivity index (χ4v) is 3.56. The van der Waals surface area contributed by atoms with Gasteiger partial charge in [0, 0.05) is 23.5 Å². The van der Waals surface area contributed by atoms with E-state index in [-0.39, 0.29) is 12.3 Å². The summed E-state index contributed by atoms with van der Waals surface area (Å²) in [7, 11) is 1.57. The molecule has 172 valence electrons. The molecule has 9 nitrogen and oxygen atoms in total. The number of fused-ring (bicyclic) bond motifs is 1. The van der Waals surface area contributed by atoms with Crippen molar-refractivity contribution in [3.05, 3.63) is 53.9 Å². The van der Waals surface area contributed by atoms with Gasteiger partial charge < -0.3 is 26.1 Å². The van der Waals surface area contributed by atoms with Gasteiger partial charge in [0.2, 0.25) is 5.91 Å². The molecule has 0 radical (unpaired) electrons. The molecular formula is C24H28N6O3. The van der Waals surface area contributed by atoms with Gasteiger partial charge in [-0.1, -0.05) is 26.0 Å². The van der Waals surface area contributed by atoms with Crippen molar-refractivity contribution in [3.63, 3.8) is 0 Å². The molecule has 0 aliphatic carbocycles. The molecule has 0 aliphatic heterocycles. The number of anilines is 1. The molecule has 1 aromatic carbocycles. The number of rotatable bonds is 9. The molecule has 2 heterocycles. The molecular weight excluding hydrogens is 420 g/mol. The topological polar surface area (TPSA) is 146 Å². The molecule has 5 N–H and O–H groups in total. The largest absolute Gasteiger partial charge is 0.496 e. The number of amides is 2. The monoisotopic (exact) mass is 448 g/mol. The molecule has 2 aromatic heterocycles. The molecule has 2 amide bonds. The number of nitrogens with one attached hydrogen (secondary N) is 3. The van der Waals surface area contributed by atoms with Crippen molar-refractivity contribution in [2.45, 2.75) is 38.8 Å². The second kappa shape index (κ2) is 10.5. The Bertz CT molecular complexity index is 1160. The van der Waals surface area contributed by atoms with E-state index in [1.54, 1.807) is 31.5 Å². The standard InChI is InChI=1S/C24H28N6O3/c1-14(2)9-19(23(31)28-16(12-25)10-15-7-8-22(26)27-13-15)30-24(32)20-11-17-18(29-20)5-4-6-21(17)33-3/h4-8,11,13-14,16,19,29H,9-10H2,1-3H3,(H2,26,27)(H,28,31)(H,30,32). The van der Waals surface area contributed by atoms with E-state index in [2.05, 4.69) is 26.7 Å². The number of nitriles is 1. The Labute approximate surface area is 192 Å². The van der Waals surface area contributed by atoms with Gasteiger partial charge in [-0.3, -0.25) is 9.59 Å². The number of ether oxygens (including phenoxy) is 1. The number of carbonyl (C=O) groups is 2. The van der Waals surface area contributed by atoms with Crippen molar-refractivity contribution in [1.82, 2.24) is 20.6 Å². The number of H-pyrrole nitrogens is 1. The first-order chi connectivity index (χ1) is 15.8. The highest BCUT2D eigenvalue weighted by Gasteiger charge is 2.25. The van der Waals surface area contributed by atoms with Crippen LogP contribution in [0.4, 0.5) is 5.82 Å². The Morgan fingerprint density at radius 1 is 1.24 bits per heavy atom. The minimum Gasteiger partial charge on any atom is -0.496 e. The van der Waals surface area contributed by atoms with Crippen LogP contribution in [0.5, 0.6) is 5.75 Å². The highest BCUT2D eigenvalue weighted by atomic mass is 16.5. The molecule has 0 spiro atoms. The van der Waals surface area contributed by atoms with E-state index in [9.17, 15) is 14.9 Å². The fourth-order valence-electron chi connectivity index (χ4n) is 3.56. The first-order valence-corrected chi connectivity index (χ1v) is 10.7. The van der Waals surface area contributed by atoms with E-state index in [4.69, 9.17) is 10.5 Å². The third-order valence-corrected chi connectivity index (χ3v) is 5.18. The number of hydrogen-bond acceptors (Lipinski definition) is 6. The van der Waals surface area contributed by atoms with Crippen molar-refractivity contribution in [3.8, 4) is 11.8 Å². The molecule has 0 saturated heterocycles. The molecule has 2 unspecified atom stereocenters. The van der Waals surface area contributed by atoms with Gasteiger partial charge in [-0.05, 0) is 42.2 Å². The lowest BCUT2D eigenvalue weighted by molar-refractivity contribution is -0.123. The van der Waals surface area contributed by atoms with Gasteiger partial charge in [-0.25, -0.2) is 4.98 Å². The summed E-state index contributed by atoms with van der Waals surface area (Å²) in [5.74, 6) is 0.343. The maximum Gasteiger partial charge on any atom is 0.268 e. The zero-order valence-electron chi connectivity index (χ0n) is 18.9. The lowest BCUT2D eigenvalue weighted by Crippen LogP contribution is -2.50. The van der Waals surface area contributed by atoms with Gasteiger partial charge in [0.25, 0.3) is 5.91 Å². The van der Waals surface area contributed by atoms with Crippen LogP contribution >= 0.6 is 0 Å². The smallest absolute Gasteiger partial charge is 0.268 e. The van der Waals surface area contributed by atoms with Crippen LogP contribution in [-0.4, -0.2) is 41.0 Å². The van der Waals surface area contributed by atoms with Crippen LogP contribution in [-0.2, 0) is 11.2 Å². The highest BCUT2D eigenvalue weighted by molar-refractivity contribution is 6.01. The molecule has 33 heavy (non-hydrogen) atoms. The normalized spacial score (nSPS) is 12.7. The number of nitrogens with two attached hydrogens (primary N) is 1. The molecule has 3 rings (SSSR count). The summed E-state index contributed by atoms with van der Waals surface area (Å²) in [4.78, 5) is 33.0. The van der Waals surface area contributed by atoms with Crippen LogP contribution in [0.2, 0.25) is 0 Å². The summed E-state index contributed by atoms with van der Waals surface area (Å²) in [5, 5.41) is 15.8. The Morgan fingerprint density at radius 2 is 2.03 bits per heavy atom. The van der Waals surface area contributed by atoms with E-state index >= 15 is 0 Å². The number of nitrogens with zero attached hydrogens (tertiary/aromatic N) is 2. The number of pyridine rings is 1. The maximum atomic E-state index is 13.0. The molecule has 0 fully saturated rings. The van der Waals surface area contributed by atoms with E-state index in [1.807, 2.05) is 32.0 Å². The lowest BCUT2D eigenvalue weighted by atomic mass is 10.0. The van der Waals surface area contributed by atoms with E-state index in [0.29, 0.717) is 23.7 Å². The zero-order valence-corrected chi connectivity index (χ0v) is 18.9. The third-order valence-electron chi connectivity index (χ3n) is 5.18. The minimum atomic E-state index is -0.800.